The van der Waals surface area contributed by atoms with E-state index in [1.165, 1.54) is 12.8 Å². The van der Waals surface area contributed by atoms with E-state index in [1.807, 2.05) is 70.8 Å². The number of nitrogens with two attached hydrogens (primary N) is 1. The van der Waals surface area contributed by atoms with E-state index < -0.39 is 6.67 Å². The monoisotopic (exact) mass is 1220 g/mol. The van der Waals surface area contributed by atoms with Gasteiger partial charge in [0.25, 0.3) is 0 Å². The summed E-state index contributed by atoms with van der Waals surface area (Å²) in [6.45, 7) is 20.9. The highest BCUT2D eigenvalue weighted by molar-refractivity contribution is 7.99. The number of rotatable bonds is 8. The molecule has 9 heterocycles. The van der Waals surface area contributed by atoms with Crippen molar-refractivity contribution in [3.8, 4) is 22.3 Å². The van der Waals surface area contributed by atoms with Crippen LogP contribution in [0.3, 0.4) is 0 Å². The van der Waals surface area contributed by atoms with Crippen molar-refractivity contribution in [2.24, 2.45) is 16.2 Å². The molecule has 0 amide bonds. The van der Waals surface area contributed by atoms with Gasteiger partial charge < -0.3 is 20.4 Å². The number of imidazole rings is 3. The zero-order chi connectivity index (χ0) is 56.8. The molecular formula is C59H64Cl6FN13S. The minimum absolute atomic E-state index is 0.321. The Bertz CT molecular complexity index is 3720. The van der Waals surface area contributed by atoms with E-state index in [-0.39, 0.29) is 0 Å². The van der Waals surface area contributed by atoms with Gasteiger partial charge in [-0.1, -0.05) is 153 Å². The molecule has 6 aromatic heterocycles. The van der Waals surface area contributed by atoms with Gasteiger partial charge in [-0.05, 0) is 86.0 Å². The fourth-order valence-corrected chi connectivity index (χ4v) is 12.7. The van der Waals surface area contributed by atoms with Crippen molar-refractivity contribution in [3.63, 3.8) is 0 Å². The van der Waals surface area contributed by atoms with Gasteiger partial charge in [0.2, 0.25) is 17.8 Å². The first-order valence-corrected chi connectivity index (χ1v) is 29.9. The third-order valence-corrected chi connectivity index (χ3v) is 19.5. The quantitative estimate of drug-likeness (QED) is 0.156. The lowest BCUT2D eigenvalue weighted by molar-refractivity contribution is 0.277. The van der Waals surface area contributed by atoms with Crippen molar-refractivity contribution in [1.82, 2.24) is 43.1 Å². The fraction of sp³-hybridized carbons (Fsp3) is 0.390. The molecule has 3 aliphatic rings. The van der Waals surface area contributed by atoms with E-state index >= 15 is 0 Å². The van der Waals surface area contributed by atoms with Crippen molar-refractivity contribution >= 4 is 122 Å². The molecule has 80 heavy (non-hydrogen) atoms. The SMILES string of the molecule is CC1(C)CCN(c2nc(CF)c(-c3cccc(Cl)c3Cl)c3nccn23)CC1.CC1(C)CCN(c2nc(N)c(-c3cccc(Cl)c3Cl)c3nccn23)CC1.Cc1nc(N2CCC(C)(C)CC2)n2ccnc2c1Sc1cccc(Cl)c1Cl. The zero-order valence-corrected chi connectivity index (χ0v) is 51.2. The van der Waals surface area contributed by atoms with Crippen LogP contribution < -0.4 is 20.4 Å². The molecule has 3 fully saturated rings. The average molecular weight is 1220 g/mol. The number of hydrogen-bond acceptors (Lipinski definition) is 11. The van der Waals surface area contributed by atoms with Crippen LogP contribution in [0, 0.1) is 23.2 Å². The lowest BCUT2D eigenvalue weighted by Gasteiger charge is -2.37. The van der Waals surface area contributed by atoms with Crippen LogP contribution in [-0.2, 0) is 6.67 Å². The van der Waals surface area contributed by atoms with Crippen molar-refractivity contribution in [2.75, 3.05) is 59.7 Å². The van der Waals surface area contributed by atoms with Crippen molar-refractivity contribution in [1.29, 1.82) is 0 Å². The molecule has 0 radical (unpaired) electrons. The number of aryl methyl sites for hydroxylation is 1. The highest BCUT2D eigenvalue weighted by atomic mass is 35.5. The second-order valence-corrected chi connectivity index (χ2v) is 26.4. The maximum atomic E-state index is 14.0. The number of alkyl halides is 1. The summed E-state index contributed by atoms with van der Waals surface area (Å²) in [7, 11) is 0. The van der Waals surface area contributed by atoms with E-state index in [9.17, 15) is 4.39 Å². The van der Waals surface area contributed by atoms with Crippen LogP contribution in [0.25, 0.3) is 39.2 Å². The maximum Gasteiger partial charge on any atom is 0.213 e. The number of benzene rings is 3. The molecule has 0 bridgehead atoms. The normalized spacial score (nSPS) is 16.9. The minimum atomic E-state index is -0.701. The van der Waals surface area contributed by atoms with Gasteiger partial charge in [-0.15, -0.1) is 0 Å². The van der Waals surface area contributed by atoms with E-state index in [4.69, 9.17) is 85.3 Å². The molecule has 0 spiro atoms. The van der Waals surface area contributed by atoms with Gasteiger partial charge in [-0.2, -0.15) is 4.98 Å². The van der Waals surface area contributed by atoms with E-state index in [1.54, 1.807) is 48.4 Å². The van der Waals surface area contributed by atoms with Gasteiger partial charge in [0.05, 0.1) is 57.5 Å². The molecule has 0 saturated carbocycles. The molecule has 3 aliphatic heterocycles. The molecule has 0 aliphatic carbocycles. The molecule has 3 saturated heterocycles. The van der Waals surface area contributed by atoms with Crippen molar-refractivity contribution in [3.05, 3.63) is 133 Å². The van der Waals surface area contributed by atoms with Crippen LogP contribution in [0.15, 0.2) is 102 Å². The topological polar surface area (TPSA) is 126 Å². The standard InChI is InChI=1S/C20H21Cl2FN4.C20H22Cl2N4S.C19H21Cl2N5/c1-20(2)6-9-26(10-7-20)19-25-15(12-23)16(18-24-8-11-27(18)19)13-4-3-5-14(21)17(13)22;1-13-17(27-15-6-4-5-14(21)16(15)22)18-23-9-12-26(18)19(24-13)25-10-7-20(2,3)8-11-25;1-19(2)6-9-25(10-7-19)18-24-16(22)14(17-23-8-11-26(17)18)12-4-3-5-13(20)15(12)21/h3-5,8,11H,6-7,9-10,12H2,1-2H3;4-6,9,12H,7-8,10-11H2,1-3H3;3-5,8,11H,6-7,9-10,22H2,1-2H3. The lowest BCUT2D eigenvalue weighted by atomic mass is 9.83. The molecule has 3 aromatic carbocycles. The van der Waals surface area contributed by atoms with Gasteiger partial charge in [0.1, 0.15) is 18.1 Å². The highest BCUT2D eigenvalue weighted by Crippen LogP contribution is 2.44. The molecule has 0 atom stereocenters. The third-order valence-electron chi connectivity index (χ3n) is 15.7. The molecule has 2 N–H and O–H groups in total. The fourth-order valence-electron chi connectivity index (χ4n) is 10.5. The average Bonchev–Trinajstić information content (AvgIpc) is 4.25. The van der Waals surface area contributed by atoms with Gasteiger partial charge in [0.15, 0.2) is 11.3 Å². The summed E-state index contributed by atoms with van der Waals surface area (Å²) in [4.78, 5) is 36.7. The zero-order valence-electron chi connectivity index (χ0n) is 45.9. The highest BCUT2D eigenvalue weighted by Gasteiger charge is 2.32. The van der Waals surface area contributed by atoms with Crippen LogP contribution in [0.5, 0.6) is 0 Å². The molecule has 0 unspecified atom stereocenters. The first kappa shape index (κ1) is 58.0. The Morgan fingerprint density at radius 3 is 1.38 bits per heavy atom. The first-order valence-electron chi connectivity index (χ1n) is 26.8. The van der Waals surface area contributed by atoms with Crippen LogP contribution in [0.4, 0.5) is 28.1 Å². The Hall–Kier alpha value is -5.26. The molecule has 21 heteroatoms. The first-order chi connectivity index (χ1) is 38.1. The number of piperidine rings is 3. The lowest BCUT2D eigenvalue weighted by Crippen LogP contribution is -2.38. The second kappa shape index (κ2) is 23.5. The maximum absolute atomic E-state index is 14.0. The number of fused-ring (bicyclic) bond motifs is 3. The Morgan fingerprint density at radius 2 is 0.900 bits per heavy atom. The Balaban J connectivity index is 0.000000135. The van der Waals surface area contributed by atoms with Crippen molar-refractivity contribution < 1.29 is 4.39 Å². The Morgan fingerprint density at radius 1 is 0.512 bits per heavy atom. The summed E-state index contributed by atoms with van der Waals surface area (Å²) in [5, 5.41) is 2.87. The number of halogens is 7. The summed E-state index contributed by atoms with van der Waals surface area (Å²) in [6.07, 6.45) is 17.8. The van der Waals surface area contributed by atoms with Crippen LogP contribution >= 0.6 is 81.4 Å². The number of nitrogen functional groups attached to an aromatic ring is 1. The molecule has 13 nitrogen and oxygen atoms in total. The molecule has 12 rings (SSSR count). The summed E-state index contributed by atoms with van der Waals surface area (Å²) >= 11 is 39.3. The van der Waals surface area contributed by atoms with Gasteiger partial charge in [-0.3, -0.25) is 13.2 Å². The van der Waals surface area contributed by atoms with Crippen LogP contribution in [-0.4, -0.2) is 82.4 Å². The third kappa shape index (κ3) is 12.0. The second-order valence-electron chi connectivity index (χ2n) is 23.0. The summed E-state index contributed by atoms with van der Waals surface area (Å²) < 4.78 is 20.0. The summed E-state index contributed by atoms with van der Waals surface area (Å²) in [5.41, 5.74) is 13.7. The van der Waals surface area contributed by atoms with Crippen molar-refractivity contribution in [2.45, 2.75) is 103 Å². The number of nitrogens with zero attached hydrogens (tertiary/aromatic N) is 12. The predicted octanol–water partition coefficient (Wildman–Crippen LogP) is 16.8. The Labute approximate surface area is 501 Å². The smallest absolute Gasteiger partial charge is 0.213 e. The van der Waals surface area contributed by atoms with E-state index in [0.29, 0.717) is 80.2 Å². The van der Waals surface area contributed by atoms with Gasteiger partial charge in [0, 0.05) is 92.5 Å². The largest absolute Gasteiger partial charge is 0.383 e. The number of anilines is 4. The molecular weight excluding hydrogens is 1150 g/mol. The minimum Gasteiger partial charge on any atom is -0.383 e. The number of hydrogen-bond donors (Lipinski definition) is 1. The molecule has 420 valence electrons. The predicted molar refractivity (Wildman–Crippen MR) is 330 cm³/mol. The Kier molecular flexibility index (Phi) is 17.1. The van der Waals surface area contributed by atoms with Gasteiger partial charge in [-0.25, -0.2) is 29.3 Å². The number of aromatic nitrogens is 9. The van der Waals surface area contributed by atoms with Crippen LogP contribution in [0.2, 0.25) is 30.1 Å². The molecule has 9 aromatic rings. The van der Waals surface area contributed by atoms with Gasteiger partial charge >= 0.3 is 0 Å². The van der Waals surface area contributed by atoms with E-state index in [0.717, 1.165) is 115 Å². The summed E-state index contributed by atoms with van der Waals surface area (Å²) in [6, 6.07) is 16.5. The van der Waals surface area contributed by atoms with E-state index in [2.05, 4.69) is 80.6 Å². The summed E-state index contributed by atoms with van der Waals surface area (Å²) in [5.74, 6) is 2.93. The van der Waals surface area contributed by atoms with Crippen LogP contribution in [0.1, 0.15) is 91.5 Å².